The number of aromatic nitrogens is 1. The van der Waals surface area contributed by atoms with Gasteiger partial charge in [-0.25, -0.2) is 9.78 Å². The molecule has 1 aliphatic heterocycles. The second-order valence-corrected chi connectivity index (χ2v) is 7.36. The minimum Gasteiger partial charge on any atom is -0.465 e. The SMILES string of the molecule is CCOC(=O)CNC(=O)N1CCCC1c1nc2cc(-c3ccccc3C)ccc2o1. The fraction of sp³-hybridized carbons (Fsp3) is 0.348. The van der Waals surface area contributed by atoms with Crippen LogP contribution < -0.4 is 5.32 Å². The van der Waals surface area contributed by atoms with Gasteiger partial charge in [0.05, 0.1) is 6.61 Å². The smallest absolute Gasteiger partial charge is 0.325 e. The molecule has 30 heavy (non-hydrogen) atoms. The Balaban J connectivity index is 1.54. The van der Waals surface area contributed by atoms with Crippen LogP contribution in [0.3, 0.4) is 0 Å². The maximum Gasteiger partial charge on any atom is 0.325 e. The number of likely N-dealkylation sites (tertiary alicyclic amines) is 1. The minimum atomic E-state index is -0.452. The molecule has 2 amide bonds. The van der Waals surface area contributed by atoms with Gasteiger partial charge in [-0.15, -0.1) is 0 Å². The number of urea groups is 1. The average Bonchev–Trinajstić information content (AvgIpc) is 3.39. The van der Waals surface area contributed by atoms with E-state index in [-0.39, 0.29) is 25.2 Å². The van der Waals surface area contributed by atoms with Crippen molar-refractivity contribution in [2.45, 2.75) is 32.7 Å². The molecule has 1 fully saturated rings. The summed E-state index contributed by atoms with van der Waals surface area (Å²) >= 11 is 0. The summed E-state index contributed by atoms with van der Waals surface area (Å²) in [6, 6.07) is 13.6. The highest BCUT2D eigenvalue weighted by Crippen LogP contribution is 2.34. The van der Waals surface area contributed by atoms with E-state index in [0.717, 1.165) is 29.5 Å². The predicted octanol–water partition coefficient (Wildman–Crippen LogP) is 4.21. The summed E-state index contributed by atoms with van der Waals surface area (Å²) in [4.78, 5) is 30.4. The largest absolute Gasteiger partial charge is 0.465 e. The molecule has 2 heterocycles. The number of amides is 2. The molecule has 0 radical (unpaired) electrons. The fourth-order valence-corrected chi connectivity index (χ4v) is 3.88. The van der Waals surface area contributed by atoms with Gasteiger partial charge in [0.15, 0.2) is 5.58 Å². The van der Waals surface area contributed by atoms with Gasteiger partial charge in [0.1, 0.15) is 18.1 Å². The Morgan fingerprint density at radius 2 is 2.10 bits per heavy atom. The van der Waals surface area contributed by atoms with Crippen LogP contribution in [0, 0.1) is 6.92 Å². The molecule has 156 valence electrons. The number of rotatable bonds is 5. The number of aryl methyl sites for hydroxylation is 1. The van der Waals surface area contributed by atoms with Crippen LogP contribution in [0.15, 0.2) is 46.9 Å². The van der Waals surface area contributed by atoms with E-state index >= 15 is 0 Å². The number of esters is 1. The molecule has 4 rings (SSSR count). The number of hydrogen-bond acceptors (Lipinski definition) is 5. The minimum absolute atomic E-state index is 0.150. The van der Waals surface area contributed by atoms with Gasteiger partial charge in [0, 0.05) is 6.54 Å². The molecule has 1 saturated heterocycles. The molecule has 1 aliphatic rings. The molecule has 0 bridgehead atoms. The number of oxazole rings is 1. The monoisotopic (exact) mass is 407 g/mol. The van der Waals surface area contributed by atoms with Crippen molar-refractivity contribution in [2.24, 2.45) is 0 Å². The molecule has 3 aromatic rings. The van der Waals surface area contributed by atoms with E-state index in [1.165, 1.54) is 5.56 Å². The quantitative estimate of drug-likeness (QED) is 0.641. The topological polar surface area (TPSA) is 84.7 Å². The number of hydrogen-bond donors (Lipinski definition) is 1. The van der Waals surface area contributed by atoms with E-state index in [0.29, 0.717) is 18.0 Å². The van der Waals surface area contributed by atoms with Crippen molar-refractivity contribution < 1.29 is 18.7 Å². The summed E-state index contributed by atoms with van der Waals surface area (Å²) in [5.41, 5.74) is 4.90. The Kier molecular flexibility index (Phi) is 5.70. The lowest BCUT2D eigenvalue weighted by atomic mass is 10.0. The standard InChI is InChI=1S/C23H25N3O4/c1-3-29-21(27)14-24-23(28)26-12-6-9-19(26)22-25-18-13-16(10-11-20(18)30-22)17-8-5-4-7-15(17)2/h4-5,7-8,10-11,13,19H,3,6,9,12,14H2,1-2H3,(H,24,28). The van der Waals surface area contributed by atoms with Crippen LogP contribution in [-0.2, 0) is 9.53 Å². The van der Waals surface area contributed by atoms with Crippen LogP contribution >= 0.6 is 0 Å². The molecular weight excluding hydrogens is 382 g/mol. The van der Waals surface area contributed by atoms with E-state index < -0.39 is 5.97 Å². The van der Waals surface area contributed by atoms with Gasteiger partial charge in [-0.05, 0) is 55.5 Å². The summed E-state index contributed by atoms with van der Waals surface area (Å²) in [6.07, 6.45) is 1.62. The first-order chi connectivity index (χ1) is 14.6. The molecule has 1 atom stereocenters. The normalized spacial score (nSPS) is 16.1. The first-order valence-corrected chi connectivity index (χ1v) is 10.2. The van der Waals surface area contributed by atoms with Crippen molar-refractivity contribution in [1.29, 1.82) is 0 Å². The van der Waals surface area contributed by atoms with Crippen LogP contribution in [0.2, 0.25) is 0 Å². The molecule has 0 spiro atoms. The van der Waals surface area contributed by atoms with Crippen molar-refractivity contribution in [2.75, 3.05) is 19.7 Å². The third kappa shape index (κ3) is 4.01. The van der Waals surface area contributed by atoms with Gasteiger partial charge in [-0.3, -0.25) is 4.79 Å². The molecule has 1 N–H and O–H groups in total. The number of ether oxygens (including phenoxy) is 1. The molecule has 0 saturated carbocycles. The maximum absolute atomic E-state index is 12.6. The lowest BCUT2D eigenvalue weighted by Gasteiger charge is -2.22. The Bertz CT molecular complexity index is 1080. The number of carbonyl (C=O) groups is 2. The Hall–Kier alpha value is -3.35. The lowest BCUT2D eigenvalue weighted by molar-refractivity contribution is -0.141. The van der Waals surface area contributed by atoms with Gasteiger partial charge in [0.25, 0.3) is 0 Å². The Labute approximate surface area is 175 Å². The van der Waals surface area contributed by atoms with Crippen molar-refractivity contribution in [3.05, 3.63) is 53.9 Å². The highest BCUT2D eigenvalue weighted by atomic mass is 16.5. The van der Waals surface area contributed by atoms with Gasteiger partial charge in [-0.1, -0.05) is 30.3 Å². The van der Waals surface area contributed by atoms with Crippen molar-refractivity contribution in [3.8, 4) is 11.1 Å². The van der Waals surface area contributed by atoms with Crippen molar-refractivity contribution in [1.82, 2.24) is 15.2 Å². The van der Waals surface area contributed by atoms with Crippen LogP contribution in [0.4, 0.5) is 4.79 Å². The van der Waals surface area contributed by atoms with Crippen molar-refractivity contribution in [3.63, 3.8) is 0 Å². The van der Waals surface area contributed by atoms with E-state index in [2.05, 4.69) is 29.4 Å². The van der Waals surface area contributed by atoms with Gasteiger partial charge in [0.2, 0.25) is 5.89 Å². The van der Waals surface area contributed by atoms with Crippen LogP contribution in [0.1, 0.15) is 37.3 Å². The van der Waals surface area contributed by atoms with Gasteiger partial charge < -0.3 is 19.4 Å². The number of fused-ring (bicyclic) bond motifs is 1. The average molecular weight is 407 g/mol. The number of nitrogens with zero attached hydrogens (tertiary/aromatic N) is 2. The van der Waals surface area contributed by atoms with Crippen molar-refractivity contribution >= 4 is 23.1 Å². The van der Waals surface area contributed by atoms with E-state index in [1.807, 2.05) is 30.3 Å². The molecule has 0 aliphatic carbocycles. The zero-order valence-electron chi connectivity index (χ0n) is 17.2. The lowest BCUT2D eigenvalue weighted by Crippen LogP contribution is -2.42. The number of nitrogens with one attached hydrogen (secondary N) is 1. The summed E-state index contributed by atoms with van der Waals surface area (Å²) in [7, 11) is 0. The second kappa shape index (κ2) is 8.57. The first kappa shape index (κ1) is 19.9. The molecule has 1 aromatic heterocycles. The predicted molar refractivity (Wildman–Crippen MR) is 113 cm³/mol. The van der Waals surface area contributed by atoms with Crippen LogP contribution in [0.25, 0.3) is 22.2 Å². The fourth-order valence-electron chi connectivity index (χ4n) is 3.88. The number of benzene rings is 2. The van der Waals surface area contributed by atoms with E-state index in [9.17, 15) is 9.59 Å². The summed E-state index contributed by atoms with van der Waals surface area (Å²) < 4.78 is 10.9. The molecular formula is C23H25N3O4. The zero-order chi connectivity index (χ0) is 21.1. The third-order valence-electron chi connectivity index (χ3n) is 5.35. The van der Waals surface area contributed by atoms with Crippen LogP contribution in [-0.4, -0.2) is 41.6 Å². The Morgan fingerprint density at radius 3 is 2.90 bits per heavy atom. The molecule has 7 heteroatoms. The highest BCUT2D eigenvalue weighted by molar-refractivity contribution is 5.82. The van der Waals surface area contributed by atoms with Crippen LogP contribution in [0.5, 0.6) is 0 Å². The Morgan fingerprint density at radius 1 is 1.27 bits per heavy atom. The second-order valence-electron chi connectivity index (χ2n) is 7.36. The molecule has 1 unspecified atom stereocenters. The summed E-state index contributed by atoms with van der Waals surface area (Å²) in [6.45, 7) is 4.54. The van der Waals surface area contributed by atoms with Gasteiger partial charge in [-0.2, -0.15) is 0 Å². The number of carbonyl (C=O) groups excluding carboxylic acids is 2. The summed E-state index contributed by atoms with van der Waals surface area (Å²) in [5.74, 6) is 0.0721. The molecule has 7 nitrogen and oxygen atoms in total. The van der Waals surface area contributed by atoms with E-state index in [4.69, 9.17) is 9.15 Å². The van der Waals surface area contributed by atoms with E-state index in [1.54, 1.807) is 11.8 Å². The van der Waals surface area contributed by atoms with Gasteiger partial charge >= 0.3 is 12.0 Å². The third-order valence-corrected chi connectivity index (χ3v) is 5.35. The maximum atomic E-state index is 12.6. The first-order valence-electron chi connectivity index (χ1n) is 10.2. The molecule has 2 aromatic carbocycles. The zero-order valence-corrected chi connectivity index (χ0v) is 17.2. The highest BCUT2D eigenvalue weighted by Gasteiger charge is 2.33. The summed E-state index contributed by atoms with van der Waals surface area (Å²) in [5, 5.41) is 2.62.